The molecule has 11 heteroatoms. The van der Waals surface area contributed by atoms with Gasteiger partial charge in [0.1, 0.15) is 12.1 Å². The summed E-state index contributed by atoms with van der Waals surface area (Å²) in [6.07, 6.45) is -6.91. The van der Waals surface area contributed by atoms with Crippen LogP contribution >= 0.6 is 0 Å². The second-order valence-electron chi connectivity index (χ2n) is 9.18. The largest absolute Gasteiger partial charge is 0.416 e. The highest BCUT2D eigenvalue weighted by atomic mass is 19.4. The molecule has 5 nitrogen and oxygen atoms in total. The van der Waals surface area contributed by atoms with Crippen LogP contribution in [0.5, 0.6) is 0 Å². The Hall–Kier alpha value is -3.69. The predicted molar refractivity (Wildman–Crippen MR) is 124 cm³/mol. The molecule has 3 aromatic rings. The zero-order valence-corrected chi connectivity index (χ0v) is 19.9. The zero-order valence-electron chi connectivity index (χ0n) is 19.9. The van der Waals surface area contributed by atoms with Crippen LogP contribution < -0.4 is 0 Å². The molecule has 0 saturated carbocycles. The van der Waals surface area contributed by atoms with E-state index < -0.39 is 52.6 Å². The molecular weight excluding hydrogens is 502 g/mol. The van der Waals surface area contributed by atoms with Crippen LogP contribution in [0.2, 0.25) is 0 Å². The van der Waals surface area contributed by atoms with Gasteiger partial charge in [0.2, 0.25) is 6.08 Å². The third kappa shape index (κ3) is 6.96. The van der Waals surface area contributed by atoms with Crippen molar-refractivity contribution in [2.75, 3.05) is 0 Å². The molecule has 0 bridgehead atoms. The maximum Gasteiger partial charge on any atom is 0.416 e. The number of halogens is 6. The summed E-state index contributed by atoms with van der Waals surface area (Å²) in [6.45, 7) is 4.91. The van der Waals surface area contributed by atoms with E-state index in [4.69, 9.17) is 4.74 Å². The highest BCUT2D eigenvalue weighted by Gasteiger charge is 2.37. The molecule has 1 heterocycles. The van der Waals surface area contributed by atoms with Crippen molar-refractivity contribution >= 4 is 28.8 Å². The van der Waals surface area contributed by atoms with Gasteiger partial charge in [-0.1, -0.05) is 24.3 Å². The molecule has 1 N–H and O–H groups in total. The fraction of sp³-hybridized carbons (Fsp3) is 0.308. The van der Waals surface area contributed by atoms with Crippen LogP contribution in [0.15, 0.2) is 59.7 Å². The van der Waals surface area contributed by atoms with E-state index in [9.17, 15) is 35.9 Å². The summed E-state index contributed by atoms with van der Waals surface area (Å²) < 4.78 is 85.0. The number of isocyanates is 1. The van der Waals surface area contributed by atoms with E-state index in [1.807, 2.05) is 0 Å². The number of H-pyrrole nitrogens is 1. The number of rotatable bonds is 7. The van der Waals surface area contributed by atoms with Gasteiger partial charge in [-0.05, 0) is 56.7 Å². The van der Waals surface area contributed by atoms with Crippen LogP contribution in [0.4, 0.5) is 26.3 Å². The number of hydrogen-bond donors (Lipinski definition) is 1. The number of para-hydroxylation sites is 1. The van der Waals surface area contributed by atoms with Crippen LogP contribution in [-0.2, 0) is 26.7 Å². The molecule has 196 valence electrons. The Balaban J connectivity index is 2.06. The van der Waals surface area contributed by atoms with Crippen molar-refractivity contribution in [3.8, 4) is 0 Å². The molecule has 0 saturated heterocycles. The number of hydrogen-bond acceptors (Lipinski definition) is 4. The number of aromatic amines is 1. The number of aliphatic imine (C=N–C) groups is 1. The molecule has 2 atom stereocenters. The van der Waals surface area contributed by atoms with Gasteiger partial charge in [-0.2, -0.15) is 31.3 Å². The Bertz CT molecular complexity index is 1330. The molecule has 0 fully saturated rings. The summed E-state index contributed by atoms with van der Waals surface area (Å²) in [5, 5.41) is 0.637. The van der Waals surface area contributed by atoms with E-state index in [2.05, 4.69) is 9.98 Å². The average Bonchev–Trinajstić information content (AvgIpc) is 3.21. The van der Waals surface area contributed by atoms with E-state index in [0.717, 1.165) is 12.2 Å². The van der Waals surface area contributed by atoms with Gasteiger partial charge in [0.15, 0.2) is 5.78 Å². The minimum Gasteiger partial charge on any atom is -0.362 e. The van der Waals surface area contributed by atoms with Gasteiger partial charge < -0.3 is 9.72 Å². The third-order valence-electron chi connectivity index (χ3n) is 5.23. The molecule has 3 rings (SSSR count). The second kappa shape index (κ2) is 10.4. The van der Waals surface area contributed by atoms with Gasteiger partial charge in [0, 0.05) is 22.7 Å². The van der Waals surface area contributed by atoms with Crippen LogP contribution in [0.25, 0.3) is 17.0 Å². The topological polar surface area (TPSA) is 71.5 Å². The highest BCUT2D eigenvalue weighted by molar-refractivity contribution is 5.98. The average molecular weight is 524 g/mol. The first-order valence-electron chi connectivity index (χ1n) is 10.9. The molecule has 37 heavy (non-hydrogen) atoms. The smallest absolute Gasteiger partial charge is 0.362 e. The second-order valence-corrected chi connectivity index (χ2v) is 9.18. The first-order chi connectivity index (χ1) is 17.1. The van der Waals surface area contributed by atoms with E-state index in [1.165, 1.54) is 12.3 Å². The molecular formula is C26H22F6N2O3. The van der Waals surface area contributed by atoms with Gasteiger partial charge in [-0.15, -0.1) is 0 Å². The summed E-state index contributed by atoms with van der Waals surface area (Å²) in [4.78, 5) is 31.3. The molecule has 0 amide bonds. The van der Waals surface area contributed by atoms with Crippen LogP contribution in [-0.4, -0.2) is 28.6 Å². The summed E-state index contributed by atoms with van der Waals surface area (Å²) in [5.74, 6) is -0.824. The fourth-order valence-electron chi connectivity index (χ4n) is 3.70. The summed E-state index contributed by atoms with van der Waals surface area (Å²) in [7, 11) is 0. The number of ketones is 1. The zero-order chi connectivity index (χ0) is 27.6. The Morgan fingerprint density at radius 3 is 2.14 bits per heavy atom. The summed E-state index contributed by atoms with van der Waals surface area (Å²) >= 11 is 0. The lowest BCUT2D eigenvalue weighted by Gasteiger charge is -2.29. The van der Waals surface area contributed by atoms with Crippen molar-refractivity contribution in [2.24, 2.45) is 4.99 Å². The summed E-state index contributed by atoms with van der Waals surface area (Å²) in [5.41, 5.74) is -3.35. The molecule has 0 aliphatic rings. The van der Waals surface area contributed by atoms with Crippen molar-refractivity contribution in [1.29, 1.82) is 0 Å². The maximum atomic E-state index is 13.2. The van der Waals surface area contributed by atoms with Gasteiger partial charge in [-0.3, -0.25) is 4.79 Å². The number of nitrogens with zero attached hydrogens (tertiary/aromatic N) is 1. The molecule has 0 spiro atoms. The van der Waals surface area contributed by atoms with E-state index in [0.29, 0.717) is 28.6 Å². The first kappa shape index (κ1) is 27.9. The molecule has 1 aromatic heterocycles. The number of aromatic nitrogens is 1. The lowest BCUT2D eigenvalue weighted by molar-refractivity contribution is -0.143. The minimum atomic E-state index is -5.04. The summed E-state index contributed by atoms with van der Waals surface area (Å²) in [6, 6.07) is 6.78. The number of fused-ring (bicyclic) bond motifs is 1. The van der Waals surface area contributed by atoms with Crippen molar-refractivity contribution in [1.82, 2.24) is 4.98 Å². The van der Waals surface area contributed by atoms with Crippen LogP contribution in [0, 0.1) is 0 Å². The fourth-order valence-corrected chi connectivity index (χ4v) is 3.70. The number of ether oxygens (including phenoxy) is 1. The lowest BCUT2D eigenvalue weighted by Crippen LogP contribution is -2.36. The lowest BCUT2D eigenvalue weighted by atomic mass is 9.96. The Morgan fingerprint density at radius 1 is 1.00 bits per heavy atom. The van der Waals surface area contributed by atoms with Crippen LogP contribution in [0.3, 0.4) is 0 Å². The van der Waals surface area contributed by atoms with Crippen molar-refractivity contribution < 1.29 is 40.7 Å². The van der Waals surface area contributed by atoms with Crippen molar-refractivity contribution in [2.45, 2.75) is 50.9 Å². The Morgan fingerprint density at radius 2 is 1.59 bits per heavy atom. The predicted octanol–water partition coefficient (Wildman–Crippen LogP) is 7.05. The normalized spacial score (nSPS) is 14.5. The standard InChI is InChI=1S/C26H22F6N2O3/c1-24(2,3)37-23(22(34-14-35)19-13-33-20-7-5-4-6-18(19)20)21(36)9-8-15-10-16(25(27,28)29)12-17(11-15)26(30,31)32/h4-13,22-23,33H,1-3H3. The quantitative estimate of drug-likeness (QED) is 0.156. The Labute approximate surface area is 207 Å². The SMILES string of the molecule is CC(C)(C)OC(C(=O)C=Cc1cc(C(F)(F)F)cc(C(F)(F)F)c1)C(N=C=O)c1c[nH]c2ccccc12. The molecule has 2 aromatic carbocycles. The van der Waals surface area contributed by atoms with Gasteiger partial charge >= 0.3 is 12.4 Å². The van der Waals surface area contributed by atoms with E-state index in [1.54, 1.807) is 45.0 Å². The third-order valence-corrected chi connectivity index (χ3v) is 5.23. The van der Waals surface area contributed by atoms with E-state index in [-0.39, 0.29) is 6.07 Å². The van der Waals surface area contributed by atoms with Crippen molar-refractivity contribution in [3.05, 3.63) is 77.0 Å². The van der Waals surface area contributed by atoms with Gasteiger partial charge in [0.25, 0.3) is 0 Å². The number of carbonyl (C=O) groups excluding carboxylic acids is 2. The first-order valence-corrected chi connectivity index (χ1v) is 10.9. The number of carbonyl (C=O) groups is 1. The van der Waals surface area contributed by atoms with Gasteiger partial charge in [0.05, 0.1) is 16.7 Å². The van der Waals surface area contributed by atoms with Crippen molar-refractivity contribution in [3.63, 3.8) is 0 Å². The molecule has 0 aliphatic heterocycles. The molecule has 2 unspecified atom stereocenters. The highest BCUT2D eigenvalue weighted by Crippen LogP contribution is 2.37. The number of benzene rings is 2. The maximum absolute atomic E-state index is 13.2. The Kier molecular flexibility index (Phi) is 7.80. The van der Waals surface area contributed by atoms with E-state index >= 15 is 0 Å². The number of nitrogens with one attached hydrogen (secondary N) is 1. The van der Waals surface area contributed by atoms with Crippen LogP contribution in [0.1, 0.15) is 49.1 Å². The number of alkyl halides is 6. The molecule has 0 radical (unpaired) electrons. The monoisotopic (exact) mass is 524 g/mol. The van der Waals surface area contributed by atoms with Gasteiger partial charge in [-0.25, -0.2) is 4.79 Å². The minimum absolute atomic E-state index is 0.00345. The molecule has 0 aliphatic carbocycles.